The minimum Gasteiger partial charge on any atom is -0.385 e. The summed E-state index contributed by atoms with van der Waals surface area (Å²) in [5.74, 6) is 0. The van der Waals surface area contributed by atoms with Crippen LogP contribution in [0, 0.1) is 0 Å². The molecule has 1 atom stereocenters. The molecule has 0 spiro atoms. The van der Waals surface area contributed by atoms with E-state index in [-0.39, 0.29) is 17.8 Å². The lowest BCUT2D eigenvalue weighted by atomic mass is 10.0. The maximum Gasteiger partial charge on any atom is 0.443 e. The van der Waals surface area contributed by atoms with Gasteiger partial charge in [-0.1, -0.05) is 0 Å². The molecule has 0 bridgehead atoms. The smallest absolute Gasteiger partial charge is 0.385 e. The maximum absolute atomic E-state index is 12.2. The van der Waals surface area contributed by atoms with Crippen LogP contribution in [0.3, 0.4) is 0 Å². The van der Waals surface area contributed by atoms with Crippen molar-refractivity contribution in [2.24, 2.45) is 5.73 Å². The molecular weight excluding hydrogens is 229 g/mol. The van der Waals surface area contributed by atoms with Gasteiger partial charge in [-0.2, -0.15) is 13.2 Å². The van der Waals surface area contributed by atoms with Crippen molar-refractivity contribution in [3.8, 4) is 0 Å². The molecule has 15 heavy (non-hydrogen) atoms. The van der Waals surface area contributed by atoms with Gasteiger partial charge in [0.15, 0.2) is 5.01 Å². The normalized spacial score (nSPS) is 16.4. The van der Waals surface area contributed by atoms with Crippen LogP contribution >= 0.6 is 11.3 Å². The van der Waals surface area contributed by atoms with Gasteiger partial charge in [-0.15, -0.1) is 11.3 Å². The maximum atomic E-state index is 12.2. The number of aliphatic hydroxyl groups is 1. The van der Waals surface area contributed by atoms with Gasteiger partial charge in [-0.25, -0.2) is 4.98 Å². The van der Waals surface area contributed by atoms with Gasteiger partial charge < -0.3 is 10.8 Å². The number of halogens is 3. The zero-order valence-corrected chi connectivity index (χ0v) is 8.82. The molecule has 0 aliphatic heterocycles. The first-order valence-electron chi connectivity index (χ1n) is 4.23. The summed E-state index contributed by atoms with van der Waals surface area (Å²) in [5, 5.41) is 8.84. The van der Waals surface area contributed by atoms with Crippen LogP contribution in [-0.4, -0.2) is 16.6 Å². The molecule has 7 heteroatoms. The van der Waals surface area contributed by atoms with Gasteiger partial charge in [0.25, 0.3) is 0 Å². The zero-order valence-electron chi connectivity index (χ0n) is 8.01. The lowest BCUT2D eigenvalue weighted by Crippen LogP contribution is -2.23. The van der Waals surface area contributed by atoms with E-state index >= 15 is 0 Å². The van der Waals surface area contributed by atoms with E-state index in [1.807, 2.05) is 0 Å². The third kappa shape index (κ3) is 2.90. The highest BCUT2D eigenvalue weighted by Crippen LogP contribution is 2.36. The summed E-state index contributed by atoms with van der Waals surface area (Å²) in [7, 11) is 0. The number of rotatable bonds is 3. The topological polar surface area (TPSA) is 59.1 Å². The van der Waals surface area contributed by atoms with Gasteiger partial charge in [0.05, 0.1) is 10.5 Å². The van der Waals surface area contributed by atoms with Gasteiger partial charge in [0.1, 0.15) is 0 Å². The van der Waals surface area contributed by atoms with Gasteiger partial charge in [0, 0.05) is 6.20 Å². The molecule has 0 fully saturated rings. The highest BCUT2D eigenvalue weighted by Gasteiger charge is 2.36. The van der Waals surface area contributed by atoms with Crippen LogP contribution in [0.25, 0.3) is 0 Å². The van der Waals surface area contributed by atoms with E-state index in [9.17, 15) is 18.3 Å². The van der Waals surface area contributed by atoms with E-state index < -0.39 is 16.8 Å². The molecule has 1 rings (SSSR count). The molecule has 0 aliphatic rings. The Morgan fingerprint density at radius 2 is 2.13 bits per heavy atom. The third-order valence-electron chi connectivity index (χ3n) is 1.91. The van der Waals surface area contributed by atoms with Crippen LogP contribution in [0.2, 0.25) is 0 Å². The van der Waals surface area contributed by atoms with E-state index in [0.29, 0.717) is 11.3 Å². The lowest BCUT2D eigenvalue weighted by molar-refractivity contribution is -0.137. The zero-order chi connectivity index (χ0) is 11.7. The van der Waals surface area contributed by atoms with Crippen LogP contribution in [0.4, 0.5) is 13.2 Å². The fraction of sp³-hybridized carbons (Fsp3) is 0.625. The fourth-order valence-electron chi connectivity index (χ4n) is 1.06. The van der Waals surface area contributed by atoms with Crippen LogP contribution in [0.5, 0.6) is 0 Å². The second-order valence-corrected chi connectivity index (χ2v) is 4.37. The Morgan fingerprint density at radius 3 is 2.53 bits per heavy atom. The van der Waals surface area contributed by atoms with Crippen molar-refractivity contribution in [2.45, 2.75) is 25.1 Å². The van der Waals surface area contributed by atoms with Crippen LogP contribution in [0.1, 0.15) is 23.2 Å². The molecule has 0 saturated carbocycles. The van der Waals surface area contributed by atoms with E-state index in [2.05, 4.69) is 4.98 Å². The van der Waals surface area contributed by atoms with Gasteiger partial charge >= 0.3 is 6.18 Å². The van der Waals surface area contributed by atoms with Crippen LogP contribution in [-0.2, 0) is 11.8 Å². The molecule has 0 saturated heterocycles. The number of hydrogen-bond donors (Lipinski definition) is 2. The predicted molar refractivity (Wildman–Crippen MR) is 50.4 cm³/mol. The van der Waals surface area contributed by atoms with Crippen molar-refractivity contribution in [3.63, 3.8) is 0 Å². The Bertz CT molecular complexity index is 335. The number of nitrogens with two attached hydrogens (primary N) is 1. The molecule has 86 valence electrons. The van der Waals surface area contributed by atoms with Crippen molar-refractivity contribution in [1.82, 2.24) is 4.98 Å². The van der Waals surface area contributed by atoms with Crippen molar-refractivity contribution in [1.29, 1.82) is 0 Å². The Balaban J connectivity index is 2.94. The van der Waals surface area contributed by atoms with Crippen molar-refractivity contribution in [2.75, 3.05) is 6.54 Å². The van der Waals surface area contributed by atoms with Crippen molar-refractivity contribution in [3.05, 3.63) is 16.1 Å². The molecule has 1 unspecified atom stereocenters. The third-order valence-corrected chi connectivity index (χ3v) is 3.21. The van der Waals surface area contributed by atoms with Crippen molar-refractivity contribution < 1.29 is 18.3 Å². The highest BCUT2D eigenvalue weighted by atomic mass is 32.1. The van der Waals surface area contributed by atoms with E-state index in [4.69, 9.17) is 5.73 Å². The molecule has 0 radical (unpaired) electrons. The predicted octanol–water partition coefficient (Wildman–Crippen LogP) is 1.72. The van der Waals surface area contributed by atoms with Crippen LogP contribution in [0.15, 0.2) is 6.20 Å². The number of thiazole rings is 1. The molecule has 1 heterocycles. The standard InChI is InChI=1S/C8H11F3N2OS/c1-7(14,2-3-12)5-4-13-6(15-5)8(9,10)11/h4,14H,2-3,12H2,1H3. The number of alkyl halides is 3. The molecule has 0 aliphatic carbocycles. The summed E-state index contributed by atoms with van der Waals surface area (Å²) in [4.78, 5) is 3.41. The second kappa shape index (κ2) is 4.07. The van der Waals surface area contributed by atoms with E-state index in [1.165, 1.54) is 6.92 Å². The molecule has 3 nitrogen and oxygen atoms in total. The quantitative estimate of drug-likeness (QED) is 0.845. The van der Waals surface area contributed by atoms with Crippen LogP contribution < -0.4 is 5.73 Å². The molecule has 3 N–H and O–H groups in total. The first-order valence-corrected chi connectivity index (χ1v) is 5.05. The molecule has 0 aromatic carbocycles. The summed E-state index contributed by atoms with van der Waals surface area (Å²) in [6, 6.07) is 0. The van der Waals surface area contributed by atoms with E-state index in [1.54, 1.807) is 0 Å². The average Bonchev–Trinajstić information content (AvgIpc) is 2.50. The van der Waals surface area contributed by atoms with Crippen molar-refractivity contribution >= 4 is 11.3 Å². The summed E-state index contributed by atoms with van der Waals surface area (Å²) >= 11 is 0.445. The summed E-state index contributed by atoms with van der Waals surface area (Å²) in [6.07, 6.45) is -3.21. The number of nitrogens with zero attached hydrogens (tertiary/aromatic N) is 1. The largest absolute Gasteiger partial charge is 0.443 e. The first-order chi connectivity index (χ1) is 6.77. The number of hydrogen-bond acceptors (Lipinski definition) is 4. The highest BCUT2D eigenvalue weighted by molar-refractivity contribution is 7.11. The van der Waals surface area contributed by atoms with Gasteiger partial charge in [0.2, 0.25) is 0 Å². The Morgan fingerprint density at radius 1 is 1.53 bits per heavy atom. The molecule has 1 aromatic rings. The number of aromatic nitrogens is 1. The Labute approximate surface area is 88.7 Å². The fourth-order valence-corrected chi connectivity index (χ4v) is 1.92. The summed E-state index contributed by atoms with van der Waals surface area (Å²) in [5.41, 5.74) is 3.91. The van der Waals surface area contributed by atoms with Gasteiger partial charge in [-0.3, -0.25) is 0 Å². The van der Waals surface area contributed by atoms with E-state index in [0.717, 1.165) is 6.20 Å². The summed E-state index contributed by atoms with van der Waals surface area (Å²) < 4.78 is 36.7. The monoisotopic (exact) mass is 240 g/mol. The Hall–Kier alpha value is -0.660. The molecular formula is C8H11F3N2OS. The lowest BCUT2D eigenvalue weighted by Gasteiger charge is -2.19. The SMILES string of the molecule is CC(O)(CCN)c1cnc(C(F)(F)F)s1. The first kappa shape index (κ1) is 12.4. The average molecular weight is 240 g/mol. The molecule has 1 aromatic heterocycles. The minimum absolute atomic E-state index is 0.181. The second-order valence-electron chi connectivity index (χ2n) is 3.34. The Kier molecular flexibility index (Phi) is 3.37. The van der Waals surface area contributed by atoms with Gasteiger partial charge in [-0.05, 0) is 19.9 Å². The minimum atomic E-state index is -4.46. The molecule has 0 amide bonds. The summed E-state index contributed by atoms with van der Waals surface area (Å²) in [6.45, 7) is 1.62.